The van der Waals surface area contributed by atoms with Gasteiger partial charge < -0.3 is 14.5 Å². The van der Waals surface area contributed by atoms with E-state index in [2.05, 4.69) is 164 Å². The molecule has 5 heteroatoms. The first-order valence-corrected chi connectivity index (χ1v) is 19.4. The van der Waals surface area contributed by atoms with Crippen molar-refractivity contribution in [3.05, 3.63) is 144 Å². The van der Waals surface area contributed by atoms with E-state index < -0.39 is 0 Å². The predicted molar refractivity (Wildman–Crippen MR) is 223 cm³/mol. The van der Waals surface area contributed by atoms with Crippen molar-refractivity contribution >= 4 is 44.6 Å². The molecule has 1 aliphatic rings. The first-order chi connectivity index (χ1) is 25.8. The van der Waals surface area contributed by atoms with Gasteiger partial charge in [0.1, 0.15) is 24.0 Å². The van der Waals surface area contributed by atoms with Crippen molar-refractivity contribution < 1.29 is 4.74 Å². The molecule has 2 aromatic heterocycles. The Bertz CT molecular complexity index is 2390. The molecule has 0 saturated heterocycles. The molecule has 0 amide bonds. The van der Waals surface area contributed by atoms with Crippen LogP contribution in [0.15, 0.2) is 128 Å². The van der Waals surface area contributed by atoms with Crippen molar-refractivity contribution in [1.29, 1.82) is 0 Å². The van der Waals surface area contributed by atoms with E-state index >= 15 is 0 Å². The van der Waals surface area contributed by atoms with E-state index in [1.54, 1.807) is 0 Å². The van der Waals surface area contributed by atoms with Crippen LogP contribution in [0.25, 0.3) is 27.6 Å². The molecule has 0 N–H and O–H groups in total. The predicted octanol–water partition coefficient (Wildman–Crippen LogP) is 13.2. The summed E-state index contributed by atoms with van der Waals surface area (Å²) in [5.41, 5.74) is 11.3. The summed E-state index contributed by atoms with van der Waals surface area (Å²) in [4.78, 5) is 9.66. The van der Waals surface area contributed by atoms with Gasteiger partial charge in [0, 0.05) is 40.5 Å². The highest BCUT2D eigenvalue weighted by atomic mass is 16.5. The third-order valence-electron chi connectivity index (χ3n) is 10.7. The number of fused-ring (bicyclic) bond motifs is 4. The number of hydrogen-bond donors (Lipinski definition) is 0. The Hall–Kier alpha value is -5.55. The lowest BCUT2D eigenvalue weighted by molar-refractivity contribution is 0.483. The molecule has 0 aliphatic carbocycles. The second-order valence-electron chi connectivity index (χ2n) is 15.4. The Labute approximate surface area is 314 Å². The summed E-state index contributed by atoms with van der Waals surface area (Å²) >= 11 is 0. The van der Waals surface area contributed by atoms with Crippen molar-refractivity contribution in [2.75, 3.05) is 16.5 Å². The SMILES string of the molecule is CCCCc1cc2c3ccc(Oc4cccc(N5CN(c6ccccc6C(C)(C)C)c6ccccc65)c4)cc3n(-c3ccccn3)c2cc1CCCC. The van der Waals surface area contributed by atoms with Crippen LogP contribution >= 0.6 is 0 Å². The molecule has 0 radical (unpaired) electrons. The number of unbranched alkanes of at least 4 members (excludes halogenated alkanes) is 2. The number of aromatic nitrogens is 2. The second kappa shape index (κ2) is 14.5. The van der Waals surface area contributed by atoms with Crippen molar-refractivity contribution in [3.63, 3.8) is 0 Å². The van der Waals surface area contributed by atoms with Crippen molar-refractivity contribution in [3.8, 4) is 17.3 Å². The van der Waals surface area contributed by atoms with Crippen LogP contribution in [-0.2, 0) is 18.3 Å². The number of rotatable bonds is 11. The first kappa shape index (κ1) is 34.5. The van der Waals surface area contributed by atoms with E-state index in [9.17, 15) is 0 Å². The van der Waals surface area contributed by atoms with Gasteiger partial charge in [-0.25, -0.2) is 4.98 Å². The summed E-state index contributed by atoms with van der Waals surface area (Å²) in [7, 11) is 0. The molecule has 7 aromatic rings. The Morgan fingerprint density at radius 3 is 1.98 bits per heavy atom. The zero-order chi connectivity index (χ0) is 36.5. The van der Waals surface area contributed by atoms with Gasteiger partial charge in [-0.05, 0) is 115 Å². The van der Waals surface area contributed by atoms with Gasteiger partial charge in [-0.1, -0.05) is 89.9 Å². The van der Waals surface area contributed by atoms with E-state index in [0.717, 1.165) is 41.4 Å². The van der Waals surface area contributed by atoms with Gasteiger partial charge in [-0.15, -0.1) is 0 Å². The number of para-hydroxylation sites is 3. The van der Waals surface area contributed by atoms with Gasteiger partial charge in [-0.3, -0.25) is 4.57 Å². The molecule has 3 heterocycles. The molecule has 0 unspecified atom stereocenters. The highest BCUT2D eigenvalue weighted by Gasteiger charge is 2.31. The second-order valence-corrected chi connectivity index (χ2v) is 15.4. The van der Waals surface area contributed by atoms with E-state index in [1.165, 1.54) is 75.7 Å². The number of ether oxygens (including phenoxy) is 1. The Morgan fingerprint density at radius 1 is 0.604 bits per heavy atom. The molecule has 0 spiro atoms. The van der Waals surface area contributed by atoms with Crippen molar-refractivity contribution in [2.24, 2.45) is 0 Å². The molecule has 1 aliphatic heterocycles. The number of aryl methyl sites for hydroxylation is 2. The average Bonchev–Trinajstić information content (AvgIpc) is 3.71. The quantitative estimate of drug-likeness (QED) is 0.135. The van der Waals surface area contributed by atoms with E-state index in [0.29, 0.717) is 6.67 Å². The van der Waals surface area contributed by atoms with Crippen LogP contribution in [0.2, 0.25) is 0 Å². The van der Waals surface area contributed by atoms with Gasteiger partial charge in [-0.2, -0.15) is 0 Å². The van der Waals surface area contributed by atoms with Gasteiger partial charge in [0.15, 0.2) is 0 Å². The fourth-order valence-corrected chi connectivity index (χ4v) is 7.96. The third kappa shape index (κ3) is 6.65. The molecule has 0 bridgehead atoms. The Kier molecular flexibility index (Phi) is 9.42. The molecule has 53 heavy (non-hydrogen) atoms. The number of pyridine rings is 1. The third-order valence-corrected chi connectivity index (χ3v) is 10.7. The van der Waals surface area contributed by atoms with Crippen molar-refractivity contribution in [1.82, 2.24) is 9.55 Å². The Morgan fingerprint density at radius 2 is 1.26 bits per heavy atom. The lowest BCUT2D eigenvalue weighted by Gasteiger charge is -2.29. The highest BCUT2D eigenvalue weighted by molar-refractivity contribution is 6.10. The van der Waals surface area contributed by atoms with E-state index in [-0.39, 0.29) is 5.41 Å². The number of hydrogen-bond acceptors (Lipinski definition) is 4. The van der Waals surface area contributed by atoms with Crippen LogP contribution in [0.4, 0.5) is 22.7 Å². The molecule has 5 aromatic carbocycles. The fourth-order valence-electron chi connectivity index (χ4n) is 7.96. The van der Waals surface area contributed by atoms with Gasteiger partial charge in [0.2, 0.25) is 0 Å². The summed E-state index contributed by atoms with van der Waals surface area (Å²) in [5.74, 6) is 2.52. The Balaban J connectivity index is 1.17. The minimum atomic E-state index is 0.0186. The zero-order valence-electron chi connectivity index (χ0n) is 31.8. The molecular formula is C48H50N4O. The molecule has 0 atom stereocenters. The molecule has 0 saturated carbocycles. The lowest BCUT2D eigenvalue weighted by atomic mass is 9.85. The number of benzene rings is 5. The summed E-state index contributed by atoms with van der Waals surface area (Å²) in [5, 5.41) is 2.49. The maximum Gasteiger partial charge on any atom is 0.137 e. The maximum atomic E-state index is 6.72. The van der Waals surface area contributed by atoms with Gasteiger partial charge in [0.05, 0.1) is 22.4 Å². The minimum absolute atomic E-state index is 0.0186. The largest absolute Gasteiger partial charge is 0.457 e. The van der Waals surface area contributed by atoms with Gasteiger partial charge >= 0.3 is 0 Å². The lowest BCUT2D eigenvalue weighted by Crippen LogP contribution is -2.26. The summed E-state index contributed by atoms with van der Waals surface area (Å²) in [6.45, 7) is 12.1. The van der Waals surface area contributed by atoms with Gasteiger partial charge in [0.25, 0.3) is 0 Å². The van der Waals surface area contributed by atoms with E-state index in [4.69, 9.17) is 9.72 Å². The van der Waals surface area contributed by atoms with Crippen LogP contribution in [0.1, 0.15) is 77.0 Å². The summed E-state index contributed by atoms with van der Waals surface area (Å²) in [6.07, 6.45) is 8.86. The number of anilines is 4. The molecule has 5 nitrogen and oxygen atoms in total. The topological polar surface area (TPSA) is 33.5 Å². The summed E-state index contributed by atoms with van der Waals surface area (Å²) in [6, 6.07) is 43.6. The summed E-state index contributed by atoms with van der Waals surface area (Å²) < 4.78 is 9.03. The monoisotopic (exact) mass is 698 g/mol. The van der Waals surface area contributed by atoms with Crippen molar-refractivity contribution in [2.45, 2.75) is 78.6 Å². The smallest absolute Gasteiger partial charge is 0.137 e. The molecular weight excluding hydrogens is 649 g/mol. The highest BCUT2D eigenvalue weighted by Crippen LogP contribution is 2.47. The fraction of sp³-hybridized carbons (Fsp3) is 0.271. The standard InChI is InChI=1S/C48H50N4O/c1-6-8-17-34-29-40-39-27-26-38(32-46(39)52(47-25-14-15-28-49-47)45(40)30-35(34)18-9-7-2)53-37-20-16-19-36(31-37)50-33-51(44-24-13-12-23-43(44)50)42-22-11-10-21-41(42)48(3,4)5/h10-16,19-32H,6-9,17-18,33H2,1-5H3. The number of nitrogens with zero attached hydrogens (tertiary/aromatic N) is 4. The molecule has 0 fully saturated rings. The average molecular weight is 699 g/mol. The van der Waals surface area contributed by atoms with Crippen LogP contribution in [0.3, 0.4) is 0 Å². The van der Waals surface area contributed by atoms with Crippen LogP contribution in [-0.4, -0.2) is 16.2 Å². The van der Waals surface area contributed by atoms with Crippen LogP contribution in [0.5, 0.6) is 11.5 Å². The minimum Gasteiger partial charge on any atom is -0.457 e. The zero-order valence-corrected chi connectivity index (χ0v) is 31.8. The normalized spacial score (nSPS) is 12.9. The molecule has 268 valence electrons. The molecule has 8 rings (SSSR count). The van der Waals surface area contributed by atoms with Crippen LogP contribution in [0, 0.1) is 0 Å². The maximum absolute atomic E-state index is 6.72. The first-order valence-electron chi connectivity index (χ1n) is 19.4. The van der Waals surface area contributed by atoms with Crippen LogP contribution < -0.4 is 14.5 Å². The van der Waals surface area contributed by atoms with E-state index in [1.807, 2.05) is 12.3 Å².